The third-order valence-corrected chi connectivity index (χ3v) is 6.45. The van der Waals surface area contributed by atoms with Crippen LogP contribution in [0, 0.1) is 10.5 Å². The quantitative estimate of drug-likeness (QED) is 0.174. The summed E-state index contributed by atoms with van der Waals surface area (Å²) in [4.78, 5) is 39.5. The first-order valence-corrected chi connectivity index (χ1v) is 12.6. The molecule has 0 saturated carbocycles. The van der Waals surface area contributed by atoms with E-state index in [-0.39, 0.29) is 23.2 Å². The van der Waals surface area contributed by atoms with Crippen LogP contribution >= 0.6 is 34.8 Å². The molecule has 0 aromatic heterocycles. The first kappa shape index (κ1) is 26.3. The number of carbonyl (C=O) groups is 3. The number of aryl methyl sites for hydroxylation is 1. The Morgan fingerprint density at radius 1 is 1.11 bits per heavy atom. The average molecular weight is 627 g/mol. The number of thiocarbonyl (C=S) groups is 1. The molecule has 1 heterocycles. The highest BCUT2D eigenvalue weighted by molar-refractivity contribution is 14.1. The Balaban J connectivity index is 1.54. The predicted molar refractivity (Wildman–Crippen MR) is 154 cm³/mol. The van der Waals surface area contributed by atoms with Crippen molar-refractivity contribution in [1.29, 1.82) is 0 Å². The van der Waals surface area contributed by atoms with Gasteiger partial charge in [-0.1, -0.05) is 35.9 Å². The van der Waals surface area contributed by atoms with Crippen LogP contribution in [0.5, 0.6) is 11.5 Å². The van der Waals surface area contributed by atoms with Crippen LogP contribution in [-0.2, 0) is 14.4 Å². The zero-order chi connectivity index (χ0) is 26.5. The van der Waals surface area contributed by atoms with Crippen LogP contribution in [0.3, 0.4) is 0 Å². The Kier molecular flexibility index (Phi) is 8.19. The number of methoxy groups -OCH3 is 1. The number of hydrogen-bond donors (Lipinski definition) is 2. The number of nitrogens with one attached hydrogen (secondary N) is 2. The highest BCUT2D eigenvalue weighted by Gasteiger charge is 2.34. The standard InChI is InChI=1S/C27H22IN3O5S/c1-16-8-10-18(11-9-16)29-23(32)15-36-24-21(28)13-17(14-22(24)35-2)12-20-25(33)30-27(37)31(26(20)34)19-6-4-3-5-7-19/h3-14H,15H2,1-2H3,(H,29,32)(H,30,33,37)/b20-12-. The van der Waals surface area contributed by atoms with Gasteiger partial charge in [-0.25, -0.2) is 0 Å². The van der Waals surface area contributed by atoms with E-state index in [0.29, 0.717) is 32.0 Å². The van der Waals surface area contributed by atoms with Gasteiger partial charge >= 0.3 is 0 Å². The molecule has 3 amide bonds. The molecule has 3 aromatic carbocycles. The highest BCUT2D eigenvalue weighted by Crippen LogP contribution is 2.35. The van der Waals surface area contributed by atoms with Crippen LogP contribution in [0.25, 0.3) is 6.08 Å². The normalized spacial score (nSPS) is 14.4. The van der Waals surface area contributed by atoms with E-state index in [0.717, 1.165) is 5.56 Å². The molecule has 0 atom stereocenters. The molecule has 10 heteroatoms. The van der Waals surface area contributed by atoms with E-state index < -0.39 is 11.8 Å². The number of ether oxygens (including phenoxy) is 2. The maximum absolute atomic E-state index is 13.2. The van der Waals surface area contributed by atoms with E-state index in [4.69, 9.17) is 21.7 Å². The molecule has 188 valence electrons. The molecule has 0 radical (unpaired) electrons. The summed E-state index contributed by atoms with van der Waals surface area (Å²) in [6.45, 7) is 1.73. The van der Waals surface area contributed by atoms with Crippen LogP contribution < -0.4 is 25.0 Å². The van der Waals surface area contributed by atoms with Gasteiger partial charge in [0.1, 0.15) is 5.57 Å². The number of halogens is 1. The summed E-state index contributed by atoms with van der Waals surface area (Å²) in [5, 5.41) is 5.36. The smallest absolute Gasteiger partial charge is 0.270 e. The van der Waals surface area contributed by atoms with Crippen LogP contribution in [0.4, 0.5) is 11.4 Å². The number of hydrogen-bond acceptors (Lipinski definition) is 6. The average Bonchev–Trinajstić information content (AvgIpc) is 2.87. The highest BCUT2D eigenvalue weighted by atomic mass is 127. The van der Waals surface area contributed by atoms with Crippen molar-refractivity contribution in [2.45, 2.75) is 6.92 Å². The summed E-state index contributed by atoms with van der Waals surface area (Å²) in [5.74, 6) is -0.738. The summed E-state index contributed by atoms with van der Waals surface area (Å²) < 4.78 is 11.9. The second-order valence-corrected chi connectivity index (χ2v) is 9.58. The minimum absolute atomic E-state index is 0.0122. The lowest BCUT2D eigenvalue weighted by Gasteiger charge is -2.28. The van der Waals surface area contributed by atoms with Crippen molar-refractivity contribution in [3.63, 3.8) is 0 Å². The van der Waals surface area contributed by atoms with Crippen LogP contribution in [0.2, 0.25) is 0 Å². The van der Waals surface area contributed by atoms with Gasteiger partial charge in [0.2, 0.25) is 0 Å². The van der Waals surface area contributed by atoms with Crippen LogP contribution in [0.1, 0.15) is 11.1 Å². The summed E-state index contributed by atoms with van der Waals surface area (Å²) in [7, 11) is 1.47. The van der Waals surface area contributed by atoms with Crippen LogP contribution in [0.15, 0.2) is 72.3 Å². The van der Waals surface area contributed by atoms with E-state index in [1.54, 1.807) is 36.4 Å². The molecule has 37 heavy (non-hydrogen) atoms. The lowest BCUT2D eigenvalue weighted by molar-refractivity contribution is -0.122. The summed E-state index contributed by atoms with van der Waals surface area (Å²) in [6.07, 6.45) is 1.47. The fraction of sp³-hybridized carbons (Fsp3) is 0.111. The third kappa shape index (κ3) is 6.15. The number of amides is 3. The number of benzene rings is 3. The maximum atomic E-state index is 13.2. The van der Waals surface area contributed by atoms with Gasteiger partial charge in [-0.2, -0.15) is 0 Å². The van der Waals surface area contributed by atoms with Crippen molar-refractivity contribution in [2.24, 2.45) is 0 Å². The lowest BCUT2D eigenvalue weighted by atomic mass is 10.1. The molecule has 1 aliphatic rings. The van der Waals surface area contributed by atoms with Crippen molar-refractivity contribution < 1.29 is 23.9 Å². The van der Waals surface area contributed by atoms with Crippen molar-refractivity contribution in [3.8, 4) is 11.5 Å². The number of rotatable bonds is 7. The van der Waals surface area contributed by atoms with Crippen molar-refractivity contribution in [1.82, 2.24) is 5.32 Å². The minimum atomic E-state index is -0.593. The number of para-hydroxylation sites is 1. The van der Waals surface area contributed by atoms with Crippen molar-refractivity contribution in [3.05, 3.63) is 87.0 Å². The zero-order valence-electron chi connectivity index (χ0n) is 19.9. The molecular formula is C27H22IN3O5S. The van der Waals surface area contributed by atoms with Gasteiger partial charge in [0.15, 0.2) is 23.2 Å². The molecule has 0 aliphatic carbocycles. The Hall–Kier alpha value is -3.77. The van der Waals surface area contributed by atoms with Gasteiger partial charge in [-0.3, -0.25) is 24.6 Å². The Morgan fingerprint density at radius 2 is 1.81 bits per heavy atom. The monoisotopic (exact) mass is 627 g/mol. The summed E-state index contributed by atoms with van der Waals surface area (Å²) in [5.41, 5.74) is 2.76. The number of carbonyl (C=O) groups excluding carboxylic acids is 3. The molecule has 0 bridgehead atoms. The van der Waals surface area contributed by atoms with Gasteiger partial charge in [0, 0.05) is 5.69 Å². The first-order chi connectivity index (χ1) is 17.8. The van der Waals surface area contributed by atoms with Gasteiger partial charge in [-0.05, 0) is 89.8 Å². The molecule has 3 aromatic rings. The fourth-order valence-corrected chi connectivity index (χ4v) is 4.63. The summed E-state index contributed by atoms with van der Waals surface area (Å²) in [6, 6.07) is 19.6. The predicted octanol–water partition coefficient (Wildman–Crippen LogP) is 4.46. The molecule has 1 fully saturated rings. The van der Waals surface area contributed by atoms with Gasteiger partial charge in [0.25, 0.3) is 17.7 Å². The molecule has 0 unspecified atom stereocenters. The van der Waals surface area contributed by atoms with Gasteiger partial charge in [-0.15, -0.1) is 0 Å². The first-order valence-electron chi connectivity index (χ1n) is 11.1. The van der Waals surface area contributed by atoms with Crippen molar-refractivity contribution >= 4 is 75.1 Å². The number of anilines is 2. The van der Waals surface area contributed by atoms with Gasteiger partial charge in [0.05, 0.1) is 16.4 Å². The van der Waals surface area contributed by atoms with Crippen molar-refractivity contribution in [2.75, 3.05) is 23.9 Å². The topological polar surface area (TPSA) is 97.0 Å². The molecule has 2 N–H and O–H groups in total. The fourth-order valence-electron chi connectivity index (χ4n) is 3.57. The second-order valence-electron chi connectivity index (χ2n) is 8.03. The van der Waals surface area contributed by atoms with Gasteiger partial charge < -0.3 is 14.8 Å². The number of nitrogens with zero attached hydrogens (tertiary/aromatic N) is 1. The molecule has 1 saturated heterocycles. The maximum Gasteiger partial charge on any atom is 0.270 e. The Labute approximate surface area is 232 Å². The van der Waals surface area contributed by atoms with E-state index >= 15 is 0 Å². The minimum Gasteiger partial charge on any atom is -0.493 e. The van der Waals surface area contributed by atoms with E-state index in [2.05, 4.69) is 10.6 Å². The molecule has 1 aliphatic heterocycles. The third-order valence-electron chi connectivity index (χ3n) is 5.36. The SMILES string of the molecule is COc1cc(/C=C2/C(=O)NC(=S)N(c3ccccc3)C2=O)cc(I)c1OCC(=O)Nc1ccc(C)cc1. The molecular weight excluding hydrogens is 605 g/mol. The summed E-state index contributed by atoms with van der Waals surface area (Å²) >= 11 is 7.28. The zero-order valence-corrected chi connectivity index (χ0v) is 22.9. The van der Waals surface area contributed by atoms with E-state index in [1.807, 2.05) is 59.8 Å². The lowest BCUT2D eigenvalue weighted by Crippen LogP contribution is -2.54. The Bertz CT molecular complexity index is 1410. The molecule has 4 rings (SSSR count). The molecule has 0 spiro atoms. The van der Waals surface area contributed by atoms with E-state index in [9.17, 15) is 14.4 Å². The van der Waals surface area contributed by atoms with Crippen LogP contribution in [-0.4, -0.2) is 36.6 Å². The van der Waals surface area contributed by atoms with E-state index in [1.165, 1.54) is 18.1 Å². The molecule has 8 nitrogen and oxygen atoms in total. The largest absolute Gasteiger partial charge is 0.493 e. The second kappa shape index (κ2) is 11.5. The Morgan fingerprint density at radius 3 is 2.49 bits per heavy atom.